The van der Waals surface area contributed by atoms with Crippen molar-refractivity contribution in [1.29, 1.82) is 0 Å². The fourth-order valence-corrected chi connectivity index (χ4v) is 3.05. The second kappa shape index (κ2) is 7.95. The van der Waals surface area contributed by atoms with Crippen LogP contribution in [0.3, 0.4) is 0 Å². The van der Waals surface area contributed by atoms with Gasteiger partial charge in [-0.3, -0.25) is 9.69 Å². The smallest absolute Gasteiger partial charge is 0.236 e. The van der Waals surface area contributed by atoms with Crippen LogP contribution in [0.15, 0.2) is 24.3 Å². The molecule has 2 atom stereocenters. The van der Waals surface area contributed by atoms with Crippen LogP contribution in [-0.2, 0) is 4.79 Å². The zero-order valence-corrected chi connectivity index (χ0v) is 14.1. The number of hydrogen-bond donors (Lipinski definition) is 1. The molecule has 0 spiro atoms. The molecule has 0 aliphatic carbocycles. The molecule has 0 radical (unpaired) electrons. The van der Waals surface area contributed by atoms with Crippen molar-refractivity contribution >= 4 is 17.5 Å². The predicted molar refractivity (Wildman–Crippen MR) is 88.9 cm³/mol. The number of nitrogens with zero attached hydrogens (tertiary/aromatic N) is 2. The van der Waals surface area contributed by atoms with Gasteiger partial charge in [-0.1, -0.05) is 23.7 Å². The number of aliphatic hydroxyl groups excluding tert-OH is 1. The predicted octanol–water partition coefficient (Wildman–Crippen LogP) is 2.56. The molecule has 1 aromatic carbocycles. The molecule has 4 nitrogen and oxygen atoms in total. The second-order valence-corrected chi connectivity index (χ2v) is 6.59. The van der Waals surface area contributed by atoms with E-state index in [4.69, 9.17) is 11.6 Å². The number of carbonyl (C=O) groups excluding carboxylic acids is 1. The number of piperidine rings is 1. The molecule has 0 bridgehead atoms. The van der Waals surface area contributed by atoms with Crippen molar-refractivity contribution < 1.29 is 9.90 Å². The molecule has 1 aliphatic rings. The van der Waals surface area contributed by atoms with Crippen molar-refractivity contribution in [2.75, 3.05) is 33.3 Å². The van der Waals surface area contributed by atoms with Gasteiger partial charge >= 0.3 is 0 Å². The number of likely N-dealkylation sites (tertiary alicyclic amines) is 1. The average Bonchev–Trinajstić information content (AvgIpc) is 2.54. The molecule has 2 rings (SSSR count). The van der Waals surface area contributed by atoms with Crippen LogP contribution in [0.4, 0.5) is 0 Å². The van der Waals surface area contributed by atoms with Crippen molar-refractivity contribution in [1.82, 2.24) is 9.80 Å². The monoisotopic (exact) mass is 324 g/mol. The van der Waals surface area contributed by atoms with Crippen molar-refractivity contribution in [3.05, 3.63) is 34.9 Å². The second-order valence-electron chi connectivity index (χ2n) is 6.16. The number of benzene rings is 1. The van der Waals surface area contributed by atoms with Crippen molar-refractivity contribution in [2.45, 2.75) is 25.8 Å². The molecule has 1 fully saturated rings. The number of carbonyl (C=O) groups is 1. The maximum absolute atomic E-state index is 12.5. The van der Waals surface area contributed by atoms with Crippen LogP contribution in [0, 0.1) is 5.92 Å². The number of amides is 1. The first-order valence-corrected chi connectivity index (χ1v) is 8.23. The van der Waals surface area contributed by atoms with E-state index in [1.807, 2.05) is 38.2 Å². The van der Waals surface area contributed by atoms with Gasteiger partial charge < -0.3 is 10.0 Å². The van der Waals surface area contributed by atoms with Gasteiger partial charge in [-0.2, -0.15) is 0 Å². The lowest BCUT2D eigenvalue weighted by Gasteiger charge is -2.33. The number of aliphatic hydroxyl groups is 1. The van der Waals surface area contributed by atoms with E-state index in [0.29, 0.717) is 17.5 Å². The van der Waals surface area contributed by atoms with E-state index < -0.39 is 0 Å². The highest BCUT2D eigenvalue weighted by molar-refractivity contribution is 6.30. The van der Waals surface area contributed by atoms with Crippen molar-refractivity contribution in [2.24, 2.45) is 5.92 Å². The number of likely N-dealkylation sites (N-methyl/N-ethyl adjacent to an activating group) is 1. The Kier molecular flexibility index (Phi) is 6.24. The molecule has 0 aromatic heterocycles. The van der Waals surface area contributed by atoms with Crippen LogP contribution >= 0.6 is 11.6 Å². The first-order chi connectivity index (χ1) is 10.5. The zero-order chi connectivity index (χ0) is 16.1. The summed E-state index contributed by atoms with van der Waals surface area (Å²) >= 11 is 5.91. The Hall–Kier alpha value is -1.10. The van der Waals surface area contributed by atoms with E-state index in [-0.39, 0.29) is 18.6 Å². The Balaban J connectivity index is 1.92. The minimum Gasteiger partial charge on any atom is -0.396 e. The average molecular weight is 325 g/mol. The summed E-state index contributed by atoms with van der Waals surface area (Å²) in [6.07, 6.45) is 2.10. The minimum atomic E-state index is 0.0168. The summed E-state index contributed by atoms with van der Waals surface area (Å²) < 4.78 is 0. The molecule has 1 N–H and O–H groups in total. The largest absolute Gasteiger partial charge is 0.396 e. The van der Waals surface area contributed by atoms with E-state index in [9.17, 15) is 9.90 Å². The van der Waals surface area contributed by atoms with Gasteiger partial charge in [0.05, 0.1) is 12.6 Å². The van der Waals surface area contributed by atoms with Gasteiger partial charge in [-0.15, -0.1) is 0 Å². The Morgan fingerprint density at radius 3 is 2.77 bits per heavy atom. The first-order valence-electron chi connectivity index (χ1n) is 7.85. The van der Waals surface area contributed by atoms with Crippen LogP contribution in [0.5, 0.6) is 0 Å². The van der Waals surface area contributed by atoms with E-state index >= 15 is 0 Å². The summed E-state index contributed by atoms with van der Waals surface area (Å²) in [6, 6.07) is 7.63. The maximum atomic E-state index is 12.5. The van der Waals surface area contributed by atoms with Crippen molar-refractivity contribution in [3.63, 3.8) is 0 Å². The van der Waals surface area contributed by atoms with Crippen LogP contribution in [0.1, 0.15) is 31.4 Å². The quantitative estimate of drug-likeness (QED) is 0.905. The summed E-state index contributed by atoms with van der Waals surface area (Å²) in [5.41, 5.74) is 1.08. The molecule has 1 aliphatic heterocycles. The number of hydrogen-bond acceptors (Lipinski definition) is 3. The Morgan fingerprint density at radius 2 is 2.14 bits per heavy atom. The summed E-state index contributed by atoms with van der Waals surface area (Å²) in [4.78, 5) is 16.4. The van der Waals surface area contributed by atoms with Gasteiger partial charge in [0.1, 0.15) is 0 Å². The minimum absolute atomic E-state index is 0.0168. The molecule has 5 heteroatoms. The molecule has 2 unspecified atom stereocenters. The Morgan fingerprint density at radius 1 is 1.45 bits per heavy atom. The fourth-order valence-electron chi connectivity index (χ4n) is 2.93. The topological polar surface area (TPSA) is 43.8 Å². The molecule has 122 valence electrons. The van der Waals surface area contributed by atoms with E-state index in [2.05, 4.69) is 4.90 Å². The number of halogens is 1. The Bertz CT molecular complexity index is 492. The third-order valence-corrected chi connectivity index (χ3v) is 4.80. The molecule has 1 aromatic rings. The van der Waals surface area contributed by atoms with Gasteiger partial charge in [-0.05, 0) is 49.9 Å². The van der Waals surface area contributed by atoms with E-state index in [0.717, 1.165) is 31.5 Å². The standard InChI is InChI=1S/C17H25ClN2O2/c1-13(15-5-7-16(18)8-6-15)19(2)17(22)11-20-9-3-4-14(10-20)12-21/h5-8,13-14,21H,3-4,9-12H2,1-2H3. The van der Waals surface area contributed by atoms with Gasteiger partial charge in [0.15, 0.2) is 0 Å². The molecule has 22 heavy (non-hydrogen) atoms. The summed E-state index contributed by atoms with van der Waals surface area (Å²) in [6.45, 7) is 4.40. The lowest BCUT2D eigenvalue weighted by Crippen LogP contribution is -2.44. The lowest BCUT2D eigenvalue weighted by molar-refractivity contribution is -0.133. The first kappa shape index (κ1) is 17.3. The molecule has 1 heterocycles. The molecule has 1 saturated heterocycles. The van der Waals surface area contributed by atoms with Gasteiger partial charge in [0.2, 0.25) is 5.91 Å². The van der Waals surface area contributed by atoms with E-state index in [1.165, 1.54) is 0 Å². The zero-order valence-electron chi connectivity index (χ0n) is 13.3. The fraction of sp³-hybridized carbons (Fsp3) is 0.588. The van der Waals surface area contributed by atoms with Gasteiger partial charge in [0.25, 0.3) is 0 Å². The normalized spacial score (nSPS) is 20.6. The van der Waals surface area contributed by atoms with Crippen LogP contribution < -0.4 is 0 Å². The molecular weight excluding hydrogens is 300 g/mol. The molecular formula is C17H25ClN2O2. The highest BCUT2D eigenvalue weighted by Gasteiger charge is 2.24. The molecule has 1 amide bonds. The molecule has 0 saturated carbocycles. The highest BCUT2D eigenvalue weighted by Crippen LogP contribution is 2.22. The van der Waals surface area contributed by atoms with Crippen LogP contribution in [0.25, 0.3) is 0 Å². The van der Waals surface area contributed by atoms with E-state index in [1.54, 1.807) is 4.90 Å². The van der Waals surface area contributed by atoms with Gasteiger partial charge in [0, 0.05) is 25.2 Å². The lowest BCUT2D eigenvalue weighted by atomic mass is 9.99. The number of rotatable bonds is 5. The third kappa shape index (κ3) is 4.45. The summed E-state index contributed by atoms with van der Waals surface area (Å²) in [5, 5.41) is 9.98. The maximum Gasteiger partial charge on any atom is 0.236 e. The summed E-state index contributed by atoms with van der Waals surface area (Å²) in [7, 11) is 1.84. The van der Waals surface area contributed by atoms with Gasteiger partial charge in [-0.25, -0.2) is 0 Å². The Labute approximate surface area is 137 Å². The van der Waals surface area contributed by atoms with Crippen LogP contribution in [-0.4, -0.2) is 54.1 Å². The van der Waals surface area contributed by atoms with Crippen LogP contribution in [0.2, 0.25) is 5.02 Å². The third-order valence-electron chi connectivity index (χ3n) is 4.55. The highest BCUT2D eigenvalue weighted by atomic mass is 35.5. The summed E-state index contributed by atoms with van der Waals surface area (Å²) in [5.74, 6) is 0.418. The SMILES string of the molecule is CC(c1ccc(Cl)cc1)N(C)C(=O)CN1CCCC(CO)C1. The van der Waals surface area contributed by atoms with Crippen molar-refractivity contribution in [3.8, 4) is 0 Å².